The number of nitrogens with zero attached hydrogens (tertiary/aromatic N) is 8. The molecule has 5 heterocycles. The molecule has 13 heteroatoms. The quantitative estimate of drug-likeness (QED) is 0.291. The van der Waals surface area contributed by atoms with Gasteiger partial charge in [0.05, 0.1) is 25.5 Å². The second-order valence-corrected chi connectivity index (χ2v) is 10.7. The van der Waals surface area contributed by atoms with E-state index in [9.17, 15) is 18.0 Å². The Morgan fingerprint density at radius 3 is 2.62 bits per heavy atom. The standard InChI is InChI=1S/C29H25F3N8O2/c1-15-10-39-12-21(29(30,31)32)36-26(39)18-7-4-16(8-19(15)18)11-40-13-22(41)38(2)20-9-33-25(37-27(20)40)23-24(17-5-6-17)34-14-35-28(23)42-3/h4,7-10,12,14,17H,5-6,11,13H2,1-3H3. The minimum Gasteiger partial charge on any atom is -0.480 e. The van der Waals surface area contributed by atoms with Crippen LogP contribution in [0.4, 0.5) is 24.7 Å². The van der Waals surface area contributed by atoms with Gasteiger partial charge in [-0.15, -0.1) is 0 Å². The molecule has 10 nitrogen and oxygen atoms in total. The number of pyridine rings is 1. The number of alkyl halides is 3. The number of methoxy groups -OCH3 is 1. The fourth-order valence-electron chi connectivity index (χ4n) is 5.52. The number of carbonyl (C=O) groups is 1. The number of fused-ring (bicyclic) bond motifs is 4. The molecule has 5 aromatic rings. The number of ether oxygens (including phenoxy) is 1. The SMILES string of the molecule is COc1ncnc(C2CC2)c1-c1ncc2c(n1)N(Cc1ccc3c(c1)c(C)cn1cc(C(F)(F)F)nc31)CC(=O)N2C. The zero-order valence-electron chi connectivity index (χ0n) is 23.0. The Labute approximate surface area is 237 Å². The van der Waals surface area contributed by atoms with Gasteiger partial charge in [-0.2, -0.15) is 13.2 Å². The normalized spacial score (nSPS) is 15.5. The highest BCUT2D eigenvalue weighted by Crippen LogP contribution is 2.45. The fraction of sp³-hybridized carbons (Fsp3) is 0.310. The molecule has 0 unspecified atom stereocenters. The van der Waals surface area contributed by atoms with E-state index < -0.39 is 11.9 Å². The molecule has 42 heavy (non-hydrogen) atoms. The van der Waals surface area contributed by atoms with Crippen LogP contribution in [0.1, 0.15) is 41.3 Å². The Morgan fingerprint density at radius 2 is 1.88 bits per heavy atom. The second-order valence-electron chi connectivity index (χ2n) is 10.7. The van der Waals surface area contributed by atoms with E-state index in [4.69, 9.17) is 9.72 Å². The van der Waals surface area contributed by atoms with Crippen molar-refractivity contribution in [3.05, 3.63) is 65.6 Å². The minimum atomic E-state index is -4.54. The average molecular weight is 575 g/mol. The maximum atomic E-state index is 13.3. The summed E-state index contributed by atoms with van der Waals surface area (Å²) in [6.07, 6.45) is 3.25. The van der Waals surface area contributed by atoms with E-state index >= 15 is 0 Å². The third kappa shape index (κ3) is 4.27. The first-order valence-corrected chi connectivity index (χ1v) is 13.4. The van der Waals surface area contributed by atoms with Crippen LogP contribution in [0, 0.1) is 6.92 Å². The lowest BCUT2D eigenvalue weighted by atomic mass is 10.0. The molecule has 214 valence electrons. The van der Waals surface area contributed by atoms with Gasteiger partial charge in [0.15, 0.2) is 17.3 Å². The number of benzene rings is 1. The summed E-state index contributed by atoms with van der Waals surface area (Å²) in [7, 11) is 3.23. The highest BCUT2D eigenvalue weighted by atomic mass is 19.4. The summed E-state index contributed by atoms with van der Waals surface area (Å²) in [5, 5.41) is 1.39. The number of halogens is 3. The minimum absolute atomic E-state index is 0.0864. The molecular weight excluding hydrogens is 549 g/mol. The maximum Gasteiger partial charge on any atom is 0.434 e. The maximum absolute atomic E-state index is 13.3. The van der Waals surface area contributed by atoms with Crippen LogP contribution in [0.3, 0.4) is 0 Å². The predicted molar refractivity (Wildman–Crippen MR) is 148 cm³/mol. The van der Waals surface area contributed by atoms with Crippen molar-refractivity contribution in [2.75, 3.05) is 30.5 Å². The molecule has 0 spiro atoms. The molecule has 7 rings (SSSR count). The van der Waals surface area contributed by atoms with E-state index in [-0.39, 0.29) is 18.1 Å². The Hall–Kier alpha value is -4.81. The van der Waals surface area contributed by atoms with Gasteiger partial charge in [0.1, 0.15) is 23.2 Å². The van der Waals surface area contributed by atoms with Crippen LogP contribution >= 0.6 is 0 Å². The lowest BCUT2D eigenvalue weighted by molar-refractivity contribution is -0.140. The van der Waals surface area contributed by atoms with Crippen molar-refractivity contribution < 1.29 is 22.7 Å². The number of imidazole rings is 1. The van der Waals surface area contributed by atoms with Gasteiger partial charge in [-0.25, -0.2) is 24.9 Å². The summed E-state index contributed by atoms with van der Waals surface area (Å²) in [6, 6.07) is 5.54. The third-order valence-electron chi connectivity index (χ3n) is 7.81. The summed E-state index contributed by atoms with van der Waals surface area (Å²) in [5.41, 5.74) is 3.01. The molecule has 1 aliphatic heterocycles. The van der Waals surface area contributed by atoms with Crippen molar-refractivity contribution in [1.82, 2.24) is 29.3 Å². The Bertz CT molecular complexity index is 1900. The van der Waals surface area contributed by atoms with Crippen molar-refractivity contribution in [2.24, 2.45) is 0 Å². The molecule has 0 saturated heterocycles. The first-order chi connectivity index (χ1) is 20.1. The first kappa shape index (κ1) is 26.1. The van der Waals surface area contributed by atoms with Gasteiger partial charge in [0.2, 0.25) is 11.8 Å². The van der Waals surface area contributed by atoms with Crippen molar-refractivity contribution >= 4 is 33.8 Å². The molecule has 4 aromatic heterocycles. The number of rotatable bonds is 5. The second kappa shape index (κ2) is 9.36. The summed E-state index contributed by atoms with van der Waals surface area (Å²) >= 11 is 0. The fourth-order valence-corrected chi connectivity index (χ4v) is 5.52. The molecule has 1 saturated carbocycles. The largest absolute Gasteiger partial charge is 0.480 e. The zero-order valence-corrected chi connectivity index (χ0v) is 23.0. The molecule has 1 aliphatic carbocycles. The topological polar surface area (TPSA) is 102 Å². The van der Waals surface area contributed by atoms with E-state index in [1.54, 1.807) is 32.6 Å². The number of aryl methyl sites for hydroxylation is 1. The van der Waals surface area contributed by atoms with E-state index in [0.29, 0.717) is 46.6 Å². The molecule has 2 aliphatic rings. The smallest absolute Gasteiger partial charge is 0.434 e. The molecule has 0 radical (unpaired) electrons. The van der Waals surface area contributed by atoms with Crippen LogP contribution in [-0.2, 0) is 17.5 Å². The lowest BCUT2D eigenvalue weighted by Gasteiger charge is -2.34. The van der Waals surface area contributed by atoms with Gasteiger partial charge in [0.25, 0.3) is 0 Å². The third-order valence-corrected chi connectivity index (χ3v) is 7.81. The number of hydrogen-bond donors (Lipinski definition) is 0. The van der Waals surface area contributed by atoms with E-state index in [0.717, 1.165) is 41.2 Å². The molecule has 0 N–H and O–H groups in total. The van der Waals surface area contributed by atoms with Crippen LogP contribution in [0.25, 0.3) is 27.8 Å². The van der Waals surface area contributed by atoms with E-state index in [1.807, 2.05) is 24.0 Å². The lowest BCUT2D eigenvalue weighted by Crippen LogP contribution is -2.44. The number of anilines is 2. The van der Waals surface area contributed by atoms with Crippen LogP contribution < -0.4 is 14.5 Å². The summed E-state index contributed by atoms with van der Waals surface area (Å²) in [6.45, 7) is 2.27. The van der Waals surface area contributed by atoms with Crippen molar-refractivity contribution in [3.63, 3.8) is 0 Å². The average Bonchev–Trinajstić information content (AvgIpc) is 3.73. The van der Waals surface area contributed by atoms with Gasteiger partial charge in [-0.05, 0) is 42.3 Å². The number of hydrogen-bond acceptors (Lipinski definition) is 8. The van der Waals surface area contributed by atoms with E-state index in [1.165, 1.54) is 15.6 Å². The molecule has 1 amide bonds. The number of carbonyl (C=O) groups excluding carboxylic acids is 1. The number of aromatic nitrogens is 6. The molecular formula is C29H25F3N8O2. The van der Waals surface area contributed by atoms with Gasteiger partial charge < -0.3 is 18.9 Å². The Balaban J connectivity index is 1.30. The monoisotopic (exact) mass is 574 g/mol. The highest BCUT2D eigenvalue weighted by molar-refractivity contribution is 6.02. The van der Waals surface area contributed by atoms with Gasteiger partial charge in [0, 0.05) is 37.3 Å². The molecule has 0 atom stereocenters. The first-order valence-electron chi connectivity index (χ1n) is 13.4. The van der Waals surface area contributed by atoms with Crippen LogP contribution in [0.5, 0.6) is 5.88 Å². The zero-order chi connectivity index (χ0) is 29.3. The molecule has 1 fully saturated rings. The Morgan fingerprint density at radius 1 is 1.07 bits per heavy atom. The highest BCUT2D eigenvalue weighted by Gasteiger charge is 2.35. The molecule has 0 bridgehead atoms. The van der Waals surface area contributed by atoms with Crippen molar-refractivity contribution in [3.8, 4) is 17.3 Å². The number of amides is 1. The van der Waals surface area contributed by atoms with Crippen molar-refractivity contribution in [1.29, 1.82) is 0 Å². The van der Waals surface area contributed by atoms with Crippen LogP contribution in [0.15, 0.2) is 43.1 Å². The number of likely N-dealkylation sites (N-methyl/N-ethyl adjacent to an activating group) is 1. The Kier molecular flexibility index (Phi) is 5.82. The van der Waals surface area contributed by atoms with E-state index in [2.05, 4.69) is 19.9 Å². The van der Waals surface area contributed by atoms with Crippen LogP contribution in [-0.4, -0.2) is 55.9 Å². The summed E-state index contributed by atoms with van der Waals surface area (Å²) in [4.78, 5) is 38.5. The van der Waals surface area contributed by atoms with Gasteiger partial charge in [-0.3, -0.25) is 4.79 Å². The summed E-state index contributed by atoms with van der Waals surface area (Å²) in [5.74, 6) is 1.56. The van der Waals surface area contributed by atoms with Gasteiger partial charge in [-0.1, -0.05) is 12.1 Å². The predicted octanol–water partition coefficient (Wildman–Crippen LogP) is 4.93. The van der Waals surface area contributed by atoms with Crippen molar-refractivity contribution in [2.45, 2.75) is 38.4 Å². The van der Waals surface area contributed by atoms with Crippen LogP contribution in [0.2, 0.25) is 0 Å². The summed E-state index contributed by atoms with van der Waals surface area (Å²) < 4.78 is 47.0. The molecule has 1 aromatic carbocycles. The van der Waals surface area contributed by atoms with Gasteiger partial charge >= 0.3 is 6.18 Å².